The van der Waals surface area contributed by atoms with Crippen LogP contribution in [0.1, 0.15) is 39.7 Å². The SMILES string of the molecule is CCNC(C)(CCO)c1ccc(OC(C)C)cc1. The van der Waals surface area contributed by atoms with Gasteiger partial charge in [0, 0.05) is 12.1 Å². The quantitative estimate of drug-likeness (QED) is 0.783. The second-order valence-corrected chi connectivity index (χ2v) is 5.03. The predicted octanol–water partition coefficient (Wildman–Crippen LogP) is 2.68. The van der Waals surface area contributed by atoms with Gasteiger partial charge in [-0.25, -0.2) is 0 Å². The lowest BCUT2D eigenvalue weighted by Gasteiger charge is -2.31. The van der Waals surface area contributed by atoms with Crippen LogP contribution in [0.5, 0.6) is 5.75 Å². The van der Waals surface area contributed by atoms with E-state index in [9.17, 15) is 5.11 Å². The van der Waals surface area contributed by atoms with E-state index in [1.165, 1.54) is 5.56 Å². The van der Waals surface area contributed by atoms with Gasteiger partial charge in [0.1, 0.15) is 5.75 Å². The minimum atomic E-state index is -0.181. The predicted molar refractivity (Wildman–Crippen MR) is 74.9 cm³/mol. The van der Waals surface area contributed by atoms with Gasteiger partial charge in [-0.3, -0.25) is 0 Å². The number of aliphatic hydroxyl groups excluding tert-OH is 1. The van der Waals surface area contributed by atoms with Gasteiger partial charge in [-0.1, -0.05) is 19.1 Å². The Labute approximate surface area is 110 Å². The number of rotatable bonds is 7. The standard InChI is InChI=1S/C15H25NO2/c1-5-16-15(4,10-11-17)13-6-8-14(9-7-13)18-12(2)3/h6-9,12,16-17H,5,10-11H2,1-4H3. The number of aliphatic hydroxyl groups is 1. The van der Waals surface area contributed by atoms with Crippen LogP contribution in [0, 0.1) is 0 Å². The summed E-state index contributed by atoms with van der Waals surface area (Å²) in [7, 11) is 0. The van der Waals surface area contributed by atoms with Crippen LogP contribution in [0.2, 0.25) is 0 Å². The third-order valence-electron chi connectivity index (χ3n) is 3.04. The summed E-state index contributed by atoms with van der Waals surface area (Å²) in [5, 5.41) is 12.6. The number of nitrogens with one attached hydrogen (secondary N) is 1. The summed E-state index contributed by atoms with van der Waals surface area (Å²) in [6.07, 6.45) is 0.888. The molecular formula is C15H25NO2. The minimum Gasteiger partial charge on any atom is -0.491 e. The summed E-state index contributed by atoms with van der Waals surface area (Å²) in [4.78, 5) is 0. The molecule has 1 aromatic carbocycles. The Hall–Kier alpha value is -1.06. The highest BCUT2D eigenvalue weighted by atomic mass is 16.5. The first-order valence-corrected chi connectivity index (χ1v) is 6.65. The van der Waals surface area contributed by atoms with Crippen molar-refractivity contribution in [3.63, 3.8) is 0 Å². The summed E-state index contributed by atoms with van der Waals surface area (Å²) in [6, 6.07) is 8.11. The number of hydrogen-bond donors (Lipinski definition) is 2. The van der Waals surface area contributed by atoms with E-state index in [0.717, 1.165) is 12.3 Å². The second-order valence-electron chi connectivity index (χ2n) is 5.03. The zero-order valence-electron chi connectivity index (χ0n) is 11.9. The first-order chi connectivity index (χ1) is 8.51. The van der Waals surface area contributed by atoms with Crippen LogP contribution < -0.4 is 10.1 Å². The topological polar surface area (TPSA) is 41.5 Å². The molecule has 0 aliphatic carbocycles. The Morgan fingerprint density at radius 2 is 1.89 bits per heavy atom. The van der Waals surface area contributed by atoms with Crippen LogP contribution in [-0.2, 0) is 5.54 Å². The summed E-state index contributed by atoms with van der Waals surface area (Å²) in [6.45, 7) is 9.27. The molecule has 0 saturated heterocycles. The van der Waals surface area contributed by atoms with Crippen molar-refractivity contribution in [1.29, 1.82) is 0 Å². The number of benzene rings is 1. The highest BCUT2D eigenvalue weighted by molar-refractivity contribution is 5.31. The number of ether oxygens (including phenoxy) is 1. The van der Waals surface area contributed by atoms with Crippen LogP contribution >= 0.6 is 0 Å². The third-order valence-corrected chi connectivity index (χ3v) is 3.04. The Balaban J connectivity index is 2.86. The maximum Gasteiger partial charge on any atom is 0.119 e. The average Bonchev–Trinajstić information content (AvgIpc) is 2.29. The molecule has 0 bridgehead atoms. The fourth-order valence-electron chi connectivity index (χ4n) is 2.12. The normalized spacial score (nSPS) is 14.6. The maximum absolute atomic E-state index is 9.20. The first-order valence-electron chi connectivity index (χ1n) is 6.65. The van der Waals surface area contributed by atoms with Crippen LogP contribution in [0.3, 0.4) is 0 Å². The highest BCUT2D eigenvalue weighted by Crippen LogP contribution is 2.26. The molecule has 3 heteroatoms. The lowest BCUT2D eigenvalue weighted by atomic mass is 9.89. The van der Waals surface area contributed by atoms with E-state index in [2.05, 4.69) is 31.3 Å². The van der Waals surface area contributed by atoms with E-state index in [-0.39, 0.29) is 18.2 Å². The minimum absolute atomic E-state index is 0.174. The number of hydrogen-bond acceptors (Lipinski definition) is 3. The van der Waals surface area contributed by atoms with Gasteiger partial charge in [0.2, 0.25) is 0 Å². The molecule has 1 unspecified atom stereocenters. The maximum atomic E-state index is 9.20. The third kappa shape index (κ3) is 4.00. The molecule has 0 aliphatic heterocycles. The van der Waals surface area contributed by atoms with Crippen molar-refractivity contribution in [2.75, 3.05) is 13.2 Å². The molecule has 102 valence electrons. The molecule has 0 amide bonds. The van der Waals surface area contributed by atoms with Crippen molar-refractivity contribution >= 4 is 0 Å². The molecule has 3 nitrogen and oxygen atoms in total. The van der Waals surface area contributed by atoms with Crippen LogP contribution in [0.15, 0.2) is 24.3 Å². The molecule has 0 aliphatic rings. The Kier molecular flexibility index (Phi) is 5.63. The molecule has 1 rings (SSSR count). The molecule has 0 spiro atoms. The van der Waals surface area contributed by atoms with Gasteiger partial charge in [-0.2, -0.15) is 0 Å². The average molecular weight is 251 g/mol. The molecule has 0 fully saturated rings. The van der Waals surface area contributed by atoms with Crippen molar-refractivity contribution in [2.24, 2.45) is 0 Å². The first kappa shape index (κ1) is 15.0. The van der Waals surface area contributed by atoms with E-state index in [1.54, 1.807) is 0 Å². The van der Waals surface area contributed by atoms with Gasteiger partial charge in [0.15, 0.2) is 0 Å². The molecule has 0 radical (unpaired) electrons. The van der Waals surface area contributed by atoms with E-state index >= 15 is 0 Å². The van der Waals surface area contributed by atoms with Crippen molar-refractivity contribution in [1.82, 2.24) is 5.32 Å². The fourth-order valence-corrected chi connectivity index (χ4v) is 2.12. The van der Waals surface area contributed by atoms with Gasteiger partial charge in [0.05, 0.1) is 6.10 Å². The van der Waals surface area contributed by atoms with Gasteiger partial charge in [-0.15, -0.1) is 0 Å². The fraction of sp³-hybridized carbons (Fsp3) is 0.600. The molecule has 1 atom stereocenters. The lowest BCUT2D eigenvalue weighted by Crippen LogP contribution is -2.40. The molecule has 0 aromatic heterocycles. The van der Waals surface area contributed by atoms with Gasteiger partial charge in [-0.05, 0) is 51.4 Å². The highest BCUT2D eigenvalue weighted by Gasteiger charge is 2.24. The molecule has 2 N–H and O–H groups in total. The van der Waals surface area contributed by atoms with E-state index in [0.29, 0.717) is 6.42 Å². The van der Waals surface area contributed by atoms with Crippen LogP contribution in [0.4, 0.5) is 0 Å². The molecule has 18 heavy (non-hydrogen) atoms. The monoisotopic (exact) mass is 251 g/mol. The van der Waals surface area contributed by atoms with Gasteiger partial charge < -0.3 is 15.2 Å². The molecule has 1 aromatic rings. The van der Waals surface area contributed by atoms with Gasteiger partial charge in [0.25, 0.3) is 0 Å². The Bertz CT molecular complexity index is 340. The summed E-state index contributed by atoms with van der Waals surface area (Å²) >= 11 is 0. The molecule has 0 heterocycles. The van der Waals surface area contributed by atoms with E-state index < -0.39 is 0 Å². The zero-order valence-corrected chi connectivity index (χ0v) is 11.9. The summed E-state index contributed by atoms with van der Waals surface area (Å²) in [5.41, 5.74) is 0.995. The van der Waals surface area contributed by atoms with Crippen molar-refractivity contribution in [2.45, 2.75) is 45.8 Å². The Morgan fingerprint density at radius 3 is 2.33 bits per heavy atom. The van der Waals surface area contributed by atoms with Gasteiger partial charge >= 0.3 is 0 Å². The Morgan fingerprint density at radius 1 is 1.28 bits per heavy atom. The van der Waals surface area contributed by atoms with E-state index in [1.807, 2.05) is 26.0 Å². The molecule has 0 saturated carbocycles. The van der Waals surface area contributed by atoms with Crippen LogP contribution in [-0.4, -0.2) is 24.4 Å². The van der Waals surface area contributed by atoms with Crippen molar-refractivity contribution < 1.29 is 9.84 Å². The molecular weight excluding hydrogens is 226 g/mol. The smallest absolute Gasteiger partial charge is 0.119 e. The summed E-state index contributed by atoms with van der Waals surface area (Å²) in [5.74, 6) is 0.886. The largest absolute Gasteiger partial charge is 0.491 e. The zero-order chi connectivity index (χ0) is 13.6. The second kappa shape index (κ2) is 6.76. The van der Waals surface area contributed by atoms with Crippen LogP contribution in [0.25, 0.3) is 0 Å². The lowest BCUT2D eigenvalue weighted by molar-refractivity contribution is 0.222. The summed E-state index contributed by atoms with van der Waals surface area (Å²) < 4.78 is 5.63. The van der Waals surface area contributed by atoms with Crippen molar-refractivity contribution in [3.05, 3.63) is 29.8 Å². The van der Waals surface area contributed by atoms with Crippen molar-refractivity contribution in [3.8, 4) is 5.75 Å². The van der Waals surface area contributed by atoms with E-state index in [4.69, 9.17) is 4.74 Å².